The third-order valence-electron chi connectivity index (χ3n) is 4.54. The Kier molecular flexibility index (Phi) is 4.24. The molecule has 0 saturated heterocycles. The molecule has 0 fully saturated rings. The molecule has 0 bridgehead atoms. The molecule has 3 aromatic rings. The van der Waals surface area contributed by atoms with Crippen LogP contribution in [-0.4, -0.2) is 36.8 Å². The summed E-state index contributed by atoms with van der Waals surface area (Å²) >= 11 is 4.69. The lowest BCUT2D eigenvalue weighted by Gasteiger charge is -2.20. The van der Waals surface area contributed by atoms with Gasteiger partial charge in [0.1, 0.15) is 4.60 Å². The summed E-state index contributed by atoms with van der Waals surface area (Å²) in [4.78, 5) is 7.04. The number of thiazole rings is 1. The molecule has 1 aromatic carbocycles. The first-order chi connectivity index (χ1) is 11.9. The number of nitrogens with one attached hydrogen (secondary N) is 1. The summed E-state index contributed by atoms with van der Waals surface area (Å²) in [6.07, 6.45) is 2.42. The zero-order chi connectivity index (χ0) is 17.8. The van der Waals surface area contributed by atoms with Crippen molar-refractivity contribution in [1.82, 2.24) is 19.0 Å². The van der Waals surface area contributed by atoms with Crippen LogP contribution in [0.25, 0.3) is 4.96 Å². The molecule has 9 heteroatoms. The smallest absolute Gasteiger partial charge is 0.259 e. The molecule has 25 heavy (non-hydrogen) atoms. The summed E-state index contributed by atoms with van der Waals surface area (Å²) in [5.41, 5.74) is 2.21. The van der Waals surface area contributed by atoms with E-state index in [1.165, 1.54) is 16.9 Å². The number of imidazole rings is 1. The maximum atomic E-state index is 13.1. The van der Waals surface area contributed by atoms with Crippen molar-refractivity contribution in [2.45, 2.75) is 23.5 Å². The molecular formula is C16H17BrN4O2S2. The fourth-order valence-electron chi connectivity index (χ4n) is 3.43. The van der Waals surface area contributed by atoms with Gasteiger partial charge in [-0.2, -0.15) is 0 Å². The van der Waals surface area contributed by atoms with Crippen molar-refractivity contribution in [3.8, 4) is 0 Å². The van der Waals surface area contributed by atoms with Crippen LogP contribution < -0.4 is 4.72 Å². The summed E-state index contributed by atoms with van der Waals surface area (Å²) in [7, 11) is 0.302. The molecule has 2 aromatic heterocycles. The van der Waals surface area contributed by atoms with E-state index in [1.807, 2.05) is 37.7 Å². The molecule has 0 saturated carbocycles. The second-order valence-corrected chi connectivity index (χ2v) is 9.53. The van der Waals surface area contributed by atoms with Crippen molar-refractivity contribution < 1.29 is 8.42 Å². The van der Waals surface area contributed by atoms with Crippen LogP contribution in [0, 0.1) is 0 Å². The van der Waals surface area contributed by atoms with E-state index >= 15 is 0 Å². The largest absolute Gasteiger partial charge is 0.302 e. The van der Waals surface area contributed by atoms with Crippen LogP contribution in [0.5, 0.6) is 0 Å². The molecule has 0 aliphatic heterocycles. The van der Waals surface area contributed by atoms with Crippen molar-refractivity contribution in [3.05, 3.63) is 51.6 Å². The predicted octanol–water partition coefficient (Wildman–Crippen LogP) is 3.18. The molecular weight excluding hydrogens is 424 g/mol. The van der Waals surface area contributed by atoms with Crippen LogP contribution >= 0.6 is 27.3 Å². The molecule has 2 heterocycles. The summed E-state index contributed by atoms with van der Waals surface area (Å²) < 4.78 is 30.9. The monoisotopic (exact) mass is 440 g/mol. The summed E-state index contributed by atoms with van der Waals surface area (Å²) in [6.45, 7) is 0. The second kappa shape index (κ2) is 6.17. The van der Waals surface area contributed by atoms with Crippen LogP contribution in [0.1, 0.15) is 29.6 Å². The van der Waals surface area contributed by atoms with Crippen molar-refractivity contribution in [3.63, 3.8) is 0 Å². The van der Waals surface area contributed by atoms with E-state index in [2.05, 4.69) is 36.6 Å². The first-order valence-electron chi connectivity index (χ1n) is 7.77. The van der Waals surface area contributed by atoms with Gasteiger partial charge in [0.25, 0.3) is 10.0 Å². The Morgan fingerprint density at radius 1 is 1.32 bits per heavy atom. The Bertz CT molecular complexity index is 1040. The first kappa shape index (κ1) is 17.2. The Hall–Kier alpha value is -1.26. The maximum absolute atomic E-state index is 13.1. The van der Waals surface area contributed by atoms with E-state index in [4.69, 9.17) is 0 Å². The minimum Gasteiger partial charge on any atom is -0.302 e. The highest BCUT2D eigenvalue weighted by Crippen LogP contribution is 2.42. The van der Waals surface area contributed by atoms with Crippen molar-refractivity contribution >= 4 is 42.3 Å². The quantitative estimate of drug-likeness (QED) is 0.676. The van der Waals surface area contributed by atoms with Gasteiger partial charge >= 0.3 is 0 Å². The first-order valence-corrected chi connectivity index (χ1v) is 10.9. The van der Waals surface area contributed by atoms with Crippen LogP contribution in [0.15, 0.2) is 45.5 Å². The Morgan fingerprint density at radius 3 is 2.76 bits per heavy atom. The predicted molar refractivity (Wildman–Crippen MR) is 101 cm³/mol. The molecule has 1 N–H and O–H groups in total. The standard InChI is InChI=1S/C16H17BrN4O2S2/c1-20(2)13-9-12(10-5-3-4-6-11(10)13)19-25(22,23)15-14(17)18-16-21(15)7-8-24-16/h3-8,12-13,19H,9H2,1-2H3. The number of nitrogens with zero attached hydrogens (tertiary/aromatic N) is 3. The number of benzene rings is 1. The summed E-state index contributed by atoms with van der Waals surface area (Å²) in [5.74, 6) is 0. The fraction of sp³-hybridized carbons (Fsp3) is 0.312. The molecule has 132 valence electrons. The van der Waals surface area contributed by atoms with Crippen molar-refractivity contribution in [2.75, 3.05) is 14.1 Å². The van der Waals surface area contributed by atoms with Gasteiger partial charge < -0.3 is 4.90 Å². The lowest BCUT2D eigenvalue weighted by atomic mass is 10.1. The van der Waals surface area contributed by atoms with Crippen LogP contribution in [-0.2, 0) is 10.0 Å². The lowest BCUT2D eigenvalue weighted by Crippen LogP contribution is -2.29. The number of fused-ring (bicyclic) bond motifs is 2. The molecule has 1 aliphatic carbocycles. The van der Waals surface area contributed by atoms with Gasteiger partial charge in [0.2, 0.25) is 0 Å². The summed E-state index contributed by atoms with van der Waals surface area (Å²) in [6, 6.07) is 7.94. The Balaban J connectivity index is 1.73. The lowest BCUT2D eigenvalue weighted by molar-refractivity contribution is 0.286. The Morgan fingerprint density at radius 2 is 2.04 bits per heavy atom. The number of hydrogen-bond acceptors (Lipinski definition) is 5. The zero-order valence-corrected chi connectivity index (χ0v) is 16.9. The molecule has 2 atom stereocenters. The van der Waals surface area contributed by atoms with E-state index in [0.717, 1.165) is 5.56 Å². The average molecular weight is 441 g/mol. The maximum Gasteiger partial charge on any atom is 0.259 e. The van der Waals surface area contributed by atoms with E-state index < -0.39 is 10.0 Å². The van der Waals surface area contributed by atoms with E-state index in [1.54, 1.807) is 10.6 Å². The number of aromatic nitrogens is 2. The van der Waals surface area contributed by atoms with Crippen molar-refractivity contribution in [2.24, 2.45) is 0 Å². The molecule has 0 radical (unpaired) electrons. The van der Waals surface area contributed by atoms with Gasteiger partial charge in [-0.25, -0.2) is 18.1 Å². The summed E-state index contributed by atoms with van der Waals surface area (Å²) in [5, 5.41) is 1.97. The molecule has 6 nitrogen and oxygen atoms in total. The van der Waals surface area contributed by atoms with Crippen LogP contribution in [0.2, 0.25) is 0 Å². The molecule has 1 aliphatic rings. The van der Waals surface area contributed by atoms with E-state index in [0.29, 0.717) is 16.0 Å². The van der Waals surface area contributed by atoms with Gasteiger partial charge in [0, 0.05) is 23.7 Å². The number of sulfonamides is 1. The zero-order valence-electron chi connectivity index (χ0n) is 13.7. The van der Waals surface area contributed by atoms with Gasteiger partial charge in [0.05, 0.1) is 0 Å². The number of halogens is 1. The highest BCUT2D eigenvalue weighted by Gasteiger charge is 2.36. The van der Waals surface area contributed by atoms with Gasteiger partial charge in [0.15, 0.2) is 9.99 Å². The van der Waals surface area contributed by atoms with Gasteiger partial charge in [-0.1, -0.05) is 24.3 Å². The minimum atomic E-state index is -3.73. The molecule has 2 unspecified atom stereocenters. The van der Waals surface area contributed by atoms with E-state index in [-0.39, 0.29) is 17.1 Å². The Labute approximate surface area is 158 Å². The third kappa shape index (κ3) is 2.83. The van der Waals surface area contributed by atoms with Crippen LogP contribution in [0.3, 0.4) is 0 Å². The molecule has 4 rings (SSSR count). The molecule has 0 amide bonds. The van der Waals surface area contributed by atoms with Gasteiger partial charge in [-0.15, -0.1) is 11.3 Å². The van der Waals surface area contributed by atoms with Gasteiger partial charge in [-0.3, -0.25) is 4.40 Å². The number of rotatable bonds is 4. The second-order valence-electron chi connectivity index (χ2n) is 6.28. The topological polar surface area (TPSA) is 66.7 Å². The van der Waals surface area contributed by atoms with E-state index in [9.17, 15) is 8.42 Å². The van der Waals surface area contributed by atoms with Crippen LogP contribution in [0.4, 0.5) is 0 Å². The minimum absolute atomic E-state index is 0.148. The third-order valence-corrected chi connectivity index (χ3v) is 7.61. The molecule has 0 spiro atoms. The fourth-order valence-corrected chi connectivity index (χ4v) is 6.70. The number of hydrogen-bond donors (Lipinski definition) is 1. The van der Waals surface area contributed by atoms with Crippen molar-refractivity contribution in [1.29, 1.82) is 0 Å². The SMILES string of the molecule is CN(C)C1CC(NS(=O)(=O)c2c(Br)nc3sccn23)c2ccccc21. The van der Waals surface area contributed by atoms with Gasteiger partial charge in [-0.05, 0) is 47.6 Å². The highest BCUT2D eigenvalue weighted by atomic mass is 79.9. The highest BCUT2D eigenvalue weighted by molar-refractivity contribution is 9.10. The average Bonchev–Trinajstić information content (AvgIpc) is 3.20. The normalized spacial score (nSPS) is 20.5.